The first-order valence-corrected chi connectivity index (χ1v) is 8.74. The summed E-state index contributed by atoms with van der Waals surface area (Å²) >= 11 is 1.48. The molecular weight excluding hydrogens is 312 g/mol. The van der Waals surface area contributed by atoms with Crippen molar-refractivity contribution >= 4 is 29.4 Å². The second-order valence-corrected chi connectivity index (χ2v) is 6.76. The van der Waals surface area contributed by atoms with Gasteiger partial charge in [-0.05, 0) is 45.2 Å². The molecule has 0 heterocycles. The molecule has 1 aromatic rings. The quantitative estimate of drug-likeness (QED) is 0.493. The number of nitrogens with zero attached hydrogens (tertiary/aromatic N) is 1. The molecule has 1 amide bonds. The summed E-state index contributed by atoms with van der Waals surface area (Å²) in [6.07, 6.45) is 2.36. The highest BCUT2D eigenvalue weighted by Crippen LogP contribution is 2.25. The molecule has 0 aromatic heterocycles. The van der Waals surface area contributed by atoms with Crippen LogP contribution in [0, 0.1) is 5.92 Å². The predicted octanol–water partition coefficient (Wildman–Crippen LogP) is 3.00. The van der Waals surface area contributed by atoms with Crippen molar-refractivity contribution < 1.29 is 14.3 Å². The van der Waals surface area contributed by atoms with E-state index in [2.05, 4.69) is 10.5 Å². The number of ether oxygens (including phenoxy) is 1. The second-order valence-electron chi connectivity index (χ2n) is 5.35. The number of carbonyl (C=O) groups is 2. The lowest BCUT2D eigenvalue weighted by Gasteiger charge is -2.12. The molecule has 0 radical (unpaired) electrons. The average Bonchev–Trinajstić information content (AvgIpc) is 3.02. The van der Waals surface area contributed by atoms with Crippen LogP contribution in [-0.4, -0.2) is 29.4 Å². The van der Waals surface area contributed by atoms with Crippen molar-refractivity contribution in [1.82, 2.24) is 5.43 Å². The standard InChI is InChI=1S/C17H22N2O3S/c1-3-22-17(21)14-10-7-11-15(14)18-19-16(20)12(2)23-13-8-5-4-6-9-13/h4-6,8-9,12,14H,3,7,10-11H2,1-2H3,(H,19,20)/b18-15-/t12-,14-/m1/s1. The Balaban J connectivity index is 1.90. The summed E-state index contributed by atoms with van der Waals surface area (Å²) in [5.74, 6) is -0.724. The van der Waals surface area contributed by atoms with E-state index in [1.807, 2.05) is 37.3 Å². The van der Waals surface area contributed by atoms with E-state index < -0.39 is 0 Å². The Bertz CT molecular complexity index is 574. The van der Waals surface area contributed by atoms with Crippen molar-refractivity contribution in [3.05, 3.63) is 30.3 Å². The van der Waals surface area contributed by atoms with Gasteiger partial charge in [0, 0.05) is 4.90 Å². The third kappa shape index (κ3) is 5.10. The van der Waals surface area contributed by atoms with Crippen molar-refractivity contribution in [3.63, 3.8) is 0 Å². The van der Waals surface area contributed by atoms with Crippen LogP contribution >= 0.6 is 11.8 Å². The van der Waals surface area contributed by atoms with Crippen LogP contribution in [-0.2, 0) is 14.3 Å². The summed E-state index contributed by atoms with van der Waals surface area (Å²) in [5, 5.41) is 3.91. The zero-order valence-electron chi connectivity index (χ0n) is 13.5. The van der Waals surface area contributed by atoms with Gasteiger partial charge in [0.2, 0.25) is 0 Å². The first kappa shape index (κ1) is 17.5. The summed E-state index contributed by atoms with van der Waals surface area (Å²) in [6, 6.07) is 9.75. The Labute approximate surface area is 140 Å². The lowest BCUT2D eigenvalue weighted by atomic mass is 10.1. The fourth-order valence-corrected chi connectivity index (χ4v) is 3.32. The van der Waals surface area contributed by atoms with Crippen LogP contribution in [0.1, 0.15) is 33.1 Å². The van der Waals surface area contributed by atoms with Crippen LogP contribution < -0.4 is 5.43 Å². The van der Waals surface area contributed by atoms with E-state index in [0.29, 0.717) is 12.3 Å². The predicted molar refractivity (Wildman–Crippen MR) is 91.3 cm³/mol. The molecule has 0 unspecified atom stereocenters. The van der Waals surface area contributed by atoms with E-state index >= 15 is 0 Å². The summed E-state index contributed by atoms with van der Waals surface area (Å²) < 4.78 is 5.05. The molecule has 23 heavy (non-hydrogen) atoms. The highest BCUT2D eigenvalue weighted by molar-refractivity contribution is 8.00. The number of rotatable bonds is 6. The van der Waals surface area contributed by atoms with Gasteiger partial charge in [-0.25, -0.2) is 5.43 Å². The van der Waals surface area contributed by atoms with E-state index in [9.17, 15) is 9.59 Å². The first-order valence-electron chi connectivity index (χ1n) is 7.86. The van der Waals surface area contributed by atoms with Gasteiger partial charge in [0.15, 0.2) is 0 Å². The molecular formula is C17H22N2O3S. The molecule has 5 nitrogen and oxygen atoms in total. The van der Waals surface area contributed by atoms with Crippen LogP contribution in [0.3, 0.4) is 0 Å². The number of nitrogens with one attached hydrogen (secondary N) is 1. The largest absolute Gasteiger partial charge is 0.465 e. The molecule has 0 aliphatic heterocycles. The fraction of sp³-hybridized carbons (Fsp3) is 0.471. The molecule has 1 fully saturated rings. The van der Waals surface area contributed by atoms with Crippen LogP contribution in [0.4, 0.5) is 0 Å². The van der Waals surface area contributed by atoms with Crippen LogP contribution in [0.15, 0.2) is 40.3 Å². The molecule has 0 bridgehead atoms. The van der Waals surface area contributed by atoms with Gasteiger partial charge in [-0.2, -0.15) is 5.10 Å². The smallest absolute Gasteiger partial charge is 0.314 e. The topological polar surface area (TPSA) is 67.8 Å². The summed E-state index contributed by atoms with van der Waals surface area (Å²) in [7, 11) is 0. The first-order chi connectivity index (χ1) is 11.1. The third-order valence-corrected chi connectivity index (χ3v) is 4.75. The van der Waals surface area contributed by atoms with Crippen molar-refractivity contribution in [2.45, 2.75) is 43.3 Å². The van der Waals surface area contributed by atoms with Gasteiger partial charge >= 0.3 is 5.97 Å². The Morgan fingerprint density at radius 1 is 1.39 bits per heavy atom. The highest BCUT2D eigenvalue weighted by Gasteiger charge is 2.30. The lowest BCUT2D eigenvalue weighted by molar-refractivity contribution is -0.145. The van der Waals surface area contributed by atoms with Crippen molar-refractivity contribution in [1.29, 1.82) is 0 Å². The van der Waals surface area contributed by atoms with E-state index in [1.54, 1.807) is 6.92 Å². The van der Waals surface area contributed by atoms with E-state index in [4.69, 9.17) is 4.74 Å². The maximum Gasteiger partial charge on any atom is 0.314 e. The van der Waals surface area contributed by atoms with Gasteiger partial charge in [0.1, 0.15) is 0 Å². The maximum atomic E-state index is 12.2. The molecule has 124 valence electrons. The molecule has 0 saturated heterocycles. The van der Waals surface area contributed by atoms with Crippen LogP contribution in [0.5, 0.6) is 0 Å². The van der Waals surface area contributed by atoms with Crippen molar-refractivity contribution in [2.24, 2.45) is 11.0 Å². The monoisotopic (exact) mass is 334 g/mol. The molecule has 1 N–H and O–H groups in total. The Hall–Kier alpha value is -1.82. The minimum absolute atomic E-state index is 0.166. The minimum atomic E-state index is -0.313. The molecule has 1 saturated carbocycles. The van der Waals surface area contributed by atoms with Gasteiger partial charge in [0.25, 0.3) is 5.91 Å². The molecule has 2 atom stereocenters. The van der Waals surface area contributed by atoms with Gasteiger partial charge in [-0.3, -0.25) is 9.59 Å². The molecule has 1 aliphatic rings. The number of benzene rings is 1. The Morgan fingerprint density at radius 3 is 2.83 bits per heavy atom. The molecule has 1 aromatic carbocycles. The molecule has 6 heteroatoms. The number of esters is 1. The number of carbonyl (C=O) groups excluding carboxylic acids is 2. The maximum absolute atomic E-state index is 12.2. The molecule has 1 aliphatic carbocycles. The zero-order valence-corrected chi connectivity index (χ0v) is 14.3. The van der Waals surface area contributed by atoms with E-state index in [-0.39, 0.29) is 23.0 Å². The van der Waals surface area contributed by atoms with E-state index in [1.165, 1.54) is 11.8 Å². The van der Waals surface area contributed by atoms with Gasteiger partial charge in [0.05, 0.1) is 23.5 Å². The van der Waals surface area contributed by atoms with Gasteiger partial charge < -0.3 is 4.74 Å². The van der Waals surface area contributed by atoms with Crippen molar-refractivity contribution in [2.75, 3.05) is 6.61 Å². The minimum Gasteiger partial charge on any atom is -0.465 e. The zero-order chi connectivity index (χ0) is 16.7. The molecule has 0 spiro atoms. The highest BCUT2D eigenvalue weighted by atomic mass is 32.2. The summed E-state index contributed by atoms with van der Waals surface area (Å²) in [4.78, 5) is 25.0. The second kappa shape index (κ2) is 8.72. The Kier molecular flexibility index (Phi) is 6.65. The van der Waals surface area contributed by atoms with Crippen molar-refractivity contribution in [3.8, 4) is 0 Å². The average molecular weight is 334 g/mol. The van der Waals surface area contributed by atoms with Gasteiger partial charge in [-0.1, -0.05) is 18.2 Å². The van der Waals surface area contributed by atoms with E-state index in [0.717, 1.165) is 24.2 Å². The SMILES string of the molecule is CCOC(=O)[C@@H]1CCC/C1=N/NC(=O)[C@@H](C)Sc1ccccc1. The molecule has 2 rings (SSSR count). The lowest BCUT2D eigenvalue weighted by Crippen LogP contribution is -2.30. The third-order valence-electron chi connectivity index (χ3n) is 3.63. The fourth-order valence-electron chi connectivity index (χ4n) is 2.43. The number of hydrogen-bond donors (Lipinski definition) is 1. The van der Waals surface area contributed by atoms with Crippen LogP contribution in [0.2, 0.25) is 0 Å². The number of hydrazone groups is 1. The summed E-state index contributed by atoms with van der Waals surface area (Å²) in [6.45, 7) is 3.98. The Morgan fingerprint density at radius 2 is 2.13 bits per heavy atom. The number of amides is 1. The number of thioether (sulfide) groups is 1. The van der Waals surface area contributed by atoms with Gasteiger partial charge in [-0.15, -0.1) is 11.8 Å². The normalized spacial score (nSPS) is 20.3. The summed E-state index contributed by atoms with van der Waals surface area (Å²) in [5.41, 5.74) is 3.31. The number of hydrogen-bond acceptors (Lipinski definition) is 5. The van der Waals surface area contributed by atoms with Crippen LogP contribution in [0.25, 0.3) is 0 Å².